The number of hydrogen-bond donors (Lipinski definition) is 2. The van der Waals surface area contributed by atoms with Gasteiger partial charge in [-0.15, -0.1) is 0 Å². The van der Waals surface area contributed by atoms with Gasteiger partial charge in [-0.2, -0.15) is 0 Å². The molecule has 2 rings (SSSR count). The van der Waals surface area contributed by atoms with E-state index in [2.05, 4.69) is 17.6 Å². The van der Waals surface area contributed by atoms with Gasteiger partial charge in [-0.1, -0.05) is 6.42 Å². The van der Waals surface area contributed by atoms with Crippen LogP contribution in [0.1, 0.15) is 38.0 Å². The Kier molecular flexibility index (Phi) is 3.80. The number of nitrogens with one attached hydrogen (secondary N) is 2. The quantitative estimate of drug-likeness (QED) is 0.795. The lowest BCUT2D eigenvalue weighted by molar-refractivity contribution is 0.355. The van der Waals surface area contributed by atoms with E-state index in [0.29, 0.717) is 12.1 Å². The summed E-state index contributed by atoms with van der Waals surface area (Å²) in [6.45, 7) is 4.34. The first kappa shape index (κ1) is 10.7. The molecule has 84 valence electrons. The van der Waals surface area contributed by atoms with Crippen molar-refractivity contribution in [1.82, 2.24) is 10.6 Å². The van der Waals surface area contributed by atoms with Gasteiger partial charge < -0.3 is 15.1 Å². The topological polar surface area (TPSA) is 37.2 Å². The Bertz CT molecular complexity index is 265. The van der Waals surface area contributed by atoms with Crippen molar-refractivity contribution in [1.29, 1.82) is 0 Å². The fourth-order valence-electron chi connectivity index (χ4n) is 2.06. The average Bonchev–Trinajstić information content (AvgIpc) is 2.81. The van der Waals surface area contributed by atoms with Crippen LogP contribution in [0.2, 0.25) is 0 Å². The van der Waals surface area contributed by atoms with Gasteiger partial charge in [0.1, 0.15) is 5.76 Å². The summed E-state index contributed by atoms with van der Waals surface area (Å²) in [4.78, 5) is 0. The van der Waals surface area contributed by atoms with E-state index in [-0.39, 0.29) is 0 Å². The molecule has 1 aromatic rings. The van der Waals surface area contributed by atoms with Crippen molar-refractivity contribution in [3.05, 3.63) is 24.2 Å². The van der Waals surface area contributed by atoms with E-state index in [1.807, 2.05) is 12.1 Å². The highest BCUT2D eigenvalue weighted by atomic mass is 16.3. The third-order valence-corrected chi connectivity index (χ3v) is 3.05. The zero-order chi connectivity index (χ0) is 10.5. The number of hydrogen-bond acceptors (Lipinski definition) is 3. The summed E-state index contributed by atoms with van der Waals surface area (Å²) in [5, 5.41) is 7.03. The molecule has 2 atom stereocenters. The average molecular weight is 208 g/mol. The lowest BCUT2D eigenvalue weighted by Gasteiger charge is -2.25. The summed E-state index contributed by atoms with van der Waals surface area (Å²) in [5.41, 5.74) is 0. The molecule has 3 heteroatoms. The molecule has 0 saturated carbocycles. The molecule has 15 heavy (non-hydrogen) atoms. The maximum absolute atomic E-state index is 5.35. The van der Waals surface area contributed by atoms with Crippen molar-refractivity contribution in [2.24, 2.45) is 0 Å². The van der Waals surface area contributed by atoms with Gasteiger partial charge in [-0.05, 0) is 38.4 Å². The van der Waals surface area contributed by atoms with Crippen LogP contribution < -0.4 is 10.6 Å². The monoisotopic (exact) mass is 208 g/mol. The maximum atomic E-state index is 5.35. The first-order chi connectivity index (χ1) is 7.36. The fraction of sp³-hybridized carbons (Fsp3) is 0.667. The van der Waals surface area contributed by atoms with Gasteiger partial charge in [0, 0.05) is 12.6 Å². The summed E-state index contributed by atoms with van der Waals surface area (Å²) in [5.74, 6) is 1.02. The van der Waals surface area contributed by atoms with E-state index in [1.165, 1.54) is 25.8 Å². The fourth-order valence-corrected chi connectivity index (χ4v) is 2.06. The van der Waals surface area contributed by atoms with E-state index in [0.717, 1.165) is 12.3 Å². The van der Waals surface area contributed by atoms with Gasteiger partial charge in [0.15, 0.2) is 0 Å². The van der Waals surface area contributed by atoms with Crippen molar-refractivity contribution in [2.45, 2.75) is 38.3 Å². The minimum absolute atomic E-state index is 0.309. The Labute approximate surface area is 91.2 Å². The smallest absolute Gasteiger partial charge is 0.120 e. The second kappa shape index (κ2) is 5.33. The predicted octanol–water partition coefficient (Wildman–Crippen LogP) is 2.07. The lowest BCUT2D eigenvalue weighted by atomic mass is 10.0. The molecular formula is C12H20N2O. The highest BCUT2D eigenvalue weighted by Gasteiger charge is 2.14. The number of piperidine rings is 1. The molecule has 3 nitrogen and oxygen atoms in total. The third-order valence-electron chi connectivity index (χ3n) is 3.05. The van der Waals surface area contributed by atoms with Gasteiger partial charge in [0.2, 0.25) is 0 Å². The predicted molar refractivity (Wildman–Crippen MR) is 60.8 cm³/mol. The molecule has 0 bridgehead atoms. The van der Waals surface area contributed by atoms with Gasteiger partial charge in [0.05, 0.1) is 12.3 Å². The van der Waals surface area contributed by atoms with Crippen LogP contribution in [-0.4, -0.2) is 19.1 Å². The van der Waals surface area contributed by atoms with Crippen LogP contribution in [0.3, 0.4) is 0 Å². The van der Waals surface area contributed by atoms with Crippen molar-refractivity contribution >= 4 is 0 Å². The van der Waals surface area contributed by atoms with E-state index >= 15 is 0 Å². The van der Waals surface area contributed by atoms with Crippen LogP contribution in [-0.2, 0) is 0 Å². The first-order valence-corrected chi connectivity index (χ1v) is 5.86. The molecule has 2 heterocycles. The summed E-state index contributed by atoms with van der Waals surface area (Å²) >= 11 is 0. The number of rotatable bonds is 4. The third kappa shape index (κ3) is 3.08. The summed E-state index contributed by atoms with van der Waals surface area (Å²) < 4.78 is 5.35. The van der Waals surface area contributed by atoms with Crippen LogP contribution in [0.4, 0.5) is 0 Å². The van der Waals surface area contributed by atoms with Crippen molar-refractivity contribution in [3.63, 3.8) is 0 Å². The van der Waals surface area contributed by atoms with Crippen LogP contribution >= 0.6 is 0 Å². The van der Waals surface area contributed by atoms with Gasteiger partial charge in [-0.3, -0.25) is 0 Å². The van der Waals surface area contributed by atoms with Gasteiger partial charge in [0.25, 0.3) is 0 Å². The van der Waals surface area contributed by atoms with E-state index in [1.54, 1.807) is 6.26 Å². The lowest BCUT2D eigenvalue weighted by Crippen LogP contribution is -2.42. The molecule has 1 aliphatic rings. The van der Waals surface area contributed by atoms with Crippen LogP contribution in [0.25, 0.3) is 0 Å². The Balaban J connectivity index is 1.73. The Morgan fingerprint density at radius 1 is 1.60 bits per heavy atom. The highest BCUT2D eigenvalue weighted by Crippen LogP contribution is 2.13. The molecular weight excluding hydrogens is 188 g/mol. The normalized spacial score (nSPS) is 23.9. The molecule has 2 unspecified atom stereocenters. The summed E-state index contributed by atoms with van der Waals surface area (Å²) in [7, 11) is 0. The minimum atomic E-state index is 0.309. The molecule has 0 spiro atoms. The Morgan fingerprint density at radius 2 is 2.53 bits per heavy atom. The Hall–Kier alpha value is -0.800. The van der Waals surface area contributed by atoms with E-state index in [4.69, 9.17) is 4.42 Å². The molecule has 1 fully saturated rings. The minimum Gasteiger partial charge on any atom is -0.468 e. The molecule has 1 aromatic heterocycles. The van der Waals surface area contributed by atoms with Crippen LogP contribution in [0.15, 0.2) is 22.8 Å². The zero-order valence-corrected chi connectivity index (χ0v) is 9.33. The summed E-state index contributed by atoms with van der Waals surface area (Å²) in [6, 6.07) is 4.90. The summed E-state index contributed by atoms with van der Waals surface area (Å²) in [6.07, 6.45) is 5.70. The van der Waals surface area contributed by atoms with Gasteiger partial charge in [-0.25, -0.2) is 0 Å². The van der Waals surface area contributed by atoms with Gasteiger partial charge >= 0.3 is 0 Å². The molecule has 1 aliphatic heterocycles. The standard InChI is InChI=1S/C12H20N2O/c1-10(12-6-4-8-15-12)14-9-11-5-2-3-7-13-11/h4,6,8,10-11,13-14H,2-3,5,7,9H2,1H3. The van der Waals surface area contributed by atoms with Crippen molar-refractivity contribution in [2.75, 3.05) is 13.1 Å². The van der Waals surface area contributed by atoms with Crippen molar-refractivity contribution < 1.29 is 4.42 Å². The SMILES string of the molecule is CC(NCC1CCCCN1)c1ccco1. The van der Waals surface area contributed by atoms with Crippen LogP contribution in [0.5, 0.6) is 0 Å². The highest BCUT2D eigenvalue weighted by molar-refractivity contribution is 5.03. The van der Waals surface area contributed by atoms with Crippen molar-refractivity contribution in [3.8, 4) is 0 Å². The molecule has 0 amide bonds. The number of furan rings is 1. The maximum Gasteiger partial charge on any atom is 0.120 e. The molecule has 0 aromatic carbocycles. The van der Waals surface area contributed by atoms with E-state index < -0.39 is 0 Å². The van der Waals surface area contributed by atoms with Crippen LogP contribution in [0, 0.1) is 0 Å². The van der Waals surface area contributed by atoms with E-state index in [9.17, 15) is 0 Å². The Morgan fingerprint density at radius 3 is 3.20 bits per heavy atom. The second-order valence-electron chi connectivity index (χ2n) is 4.29. The zero-order valence-electron chi connectivity index (χ0n) is 9.33. The largest absolute Gasteiger partial charge is 0.468 e. The molecule has 0 radical (unpaired) electrons. The first-order valence-electron chi connectivity index (χ1n) is 5.86. The second-order valence-corrected chi connectivity index (χ2v) is 4.29. The molecule has 1 saturated heterocycles. The molecule has 0 aliphatic carbocycles. The molecule has 2 N–H and O–H groups in total.